The molecule has 30 heavy (non-hydrogen) atoms. The van der Waals surface area contributed by atoms with Crippen molar-refractivity contribution in [2.24, 2.45) is 15.2 Å². The monoisotopic (exact) mass is 504 g/mol. The van der Waals surface area contributed by atoms with Crippen molar-refractivity contribution in [2.75, 3.05) is 7.11 Å². The largest absolute Gasteiger partial charge is 0.497 e. The van der Waals surface area contributed by atoms with Crippen molar-refractivity contribution in [3.63, 3.8) is 0 Å². The number of benzene rings is 2. The van der Waals surface area contributed by atoms with E-state index >= 15 is 0 Å². The Morgan fingerprint density at radius 1 is 1.20 bits per heavy atom. The Morgan fingerprint density at radius 3 is 2.67 bits per heavy atom. The lowest BCUT2D eigenvalue weighted by Gasteiger charge is -2.36. The van der Waals surface area contributed by atoms with Crippen molar-refractivity contribution in [1.29, 1.82) is 0 Å². The van der Waals surface area contributed by atoms with Crippen LogP contribution in [-0.4, -0.2) is 30.1 Å². The highest BCUT2D eigenvalue weighted by atomic mass is 79.9. The second-order valence-corrected chi connectivity index (χ2v) is 10.7. The minimum atomic E-state index is -3.93. The molecule has 2 aromatic carbocycles. The first kappa shape index (κ1) is 19.8. The number of aryl methyl sites for hydroxylation is 1. The Kier molecular flexibility index (Phi) is 4.77. The zero-order chi connectivity index (χ0) is 21.0. The molecule has 2 aliphatic heterocycles. The third kappa shape index (κ3) is 3.27. The zero-order valence-corrected chi connectivity index (χ0v) is 19.1. The van der Waals surface area contributed by atoms with Crippen LogP contribution in [0.25, 0.3) is 5.70 Å². The van der Waals surface area contributed by atoms with E-state index in [0.717, 1.165) is 62.8 Å². The standard InChI is InChI=1S/C20H17BrN4O3S2/c1-28-14-7-9-15-12(10-14)4-8-16-17(15)23-19-25(24-20(29-19)30(22,26)27)18(16)11-2-5-13(21)6-3-11/h2-3,5-7,9-10,18H,4,8H2,1H3,(H2,22,26,27). The molecule has 0 fully saturated rings. The fourth-order valence-electron chi connectivity index (χ4n) is 3.96. The van der Waals surface area contributed by atoms with Gasteiger partial charge in [-0.1, -0.05) is 28.1 Å². The van der Waals surface area contributed by atoms with Gasteiger partial charge in [-0.2, -0.15) is 0 Å². The molecule has 0 amide bonds. The molecule has 1 atom stereocenters. The quantitative estimate of drug-likeness (QED) is 0.669. The van der Waals surface area contributed by atoms with Crippen LogP contribution in [0.3, 0.4) is 0 Å². The summed E-state index contributed by atoms with van der Waals surface area (Å²) in [5, 5.41) is 11.9. The summed E-state index contributed by atoms with van der Waals surface area (Å²) in [5.41, 5.74) is 5.19. The number of hydrazone groups is 1. The number of primary sulfonamides is 1. The number of aliphatic imine (C=N–C) groups is 1. The SMILES string of the molecule is COc1ccc2c(c1)CCC1=C2N=C2SC(S(N)(=O)=O)=NN2C1c1ccc(Br)cc1. The average Bonchev–Trinajstić information content (AvgIpc) is 3.16. The molecule has 0 radical (unpaired) electrons. The molecule has 5 rings (SSSR count). The van der Waals surface area contributed by atoms with E-state index in [1.54, 1.807) is 12.1 Å². The first-order valence-corrected chi connectivity index (χ1v) is 12.3. The van der Waals surface area contributed by atoms with Crippen molar-refractivity contribution in [3.05, 3.63) is 69.2 Å². The van der Waals surface area contributed by atoms with E-state index in [1.807, 2.05) is 42.5 Å². The fourth-order valence-corrected chi connectivity index (χ4v) is 5.77. The number of hydrogen-bond acceptors (Lipinski definition) is 7. The summed E-state index contributed by atoms with van der Waals surface area (Å²) in [5.74, 6) is 0.808. The summed E-state index contributed by atoms with van der Waals surface area (Å²) in [6, 6.07) is 13.7. The van der Waals surface area contributed by atoms with Crippen molar-refractivity contribution in [1.82, 2.24) is 5.01 Å². The molecule has 0 spiro atoms. The summed E-state index contributed by atoms with van der Waals surface area (Å²) < 4.78 is 30.1. The molecule has 1 unspecified atom stereocenters. The number of ether oxygens (including phenoxy) is 1. The van der Waals surface area contributed by atoms with Crippen LogP contribution in [0.1, 0.15) is 29.2 Å². The van der Waals surface area contributed by atoms with Gasteiger partial charge in [-0.3, -0.25) is 0 Å². The highest BCUT2D eigenvalue weighted by Crippen LogP contribution is 2.48. The van der Waals surface area contributed by atoms with E-state index in [-0.39, 0.29) is 10.4 Å². The zero-order valence-electron chi connectivity index (χ0n) is 15.9. The van der Waals surface area contributed by atoms with Crippen LogP contribution in [0.4, 0.5) is 0 Å². The van der Waals surface area contributed by atoms with Gasteiger partial charge in [0, 0.05) is 10.0 Å². The molecule has 2 aromatic rings. The maximum atomic E-state index is 12.0. The molecule has 2 N–H and O–H groups in total. The predicted octanol–water partition coefficient (Wildman–Crippen LogP) is 3.83. The van der Waals surface area contributed by atoms with Gasteiger partial charge in [-0.25, -0.2) is 23.6 Å². The van der Waals surface area contributed by atoms with Gasteiger partial charge < -0.3 is 4.74 Å². The third-order valence-electron chi connectivity index (χ3n) is 5.31. The second kappa shape index (κ2) is 7.23. The Bertz CT molecular complexity index is 1250. The lowest BCUT2D eigenvalue weighted by molar-refractivity contribution is 0.369. The van der Waals surface area contributed by atoms with Crippen LogP contribution in [0.2, 0.25) is 0 Å². The average molecular weight is 505 g/mol. The van der Waals surface area contributed by atoms with Crippen LogP contribution >= 0.6 is 27.7 Å². The maximum absolute atomic E-state index is 12.0. The molecule has 0 saturated carbocycles. The fraction of sp³-hybridized carbons (Fsp3) is 0.200. The molecule has 10 heteroatoms. The van der Waals surface area contributed by atoms with Gasteiger partial charge in [0.25, 0.3) is 10.0 Å². The van der Waals surface area contributed by atoms with Crippen LogP contribution in [0.15, 0.2) is 62.6 Å². The molecule has 7 nitrogen and oxygen atoms in total. The second-order valence-electron chi connectivity index (χ2n) is 7.10. The van der Waals surface area contributed by atoms with Crippen LogP contribution < -0.4 is 9.88 Å². The number of hydrogen-bond donors (Lipinski definition) is 1. The number of nitrogens with two attached hydrogens (primary N) is 1. The first-order chi connectivity index (χ1) is 14.3. The van der Waals surface area contributed by atoms with E-state index < -0.39 is 10.0 Å². The maximum Gasteiger partial charge on any atom is 0.264 e. The van der Waals surface area contributed by atoms with Gasteiger partial charge in [-0.05, 0) is 71.6 Å². The van der Waals surface area contributed by atoms with Gasteiger partial charge in [0.1, 0.15) is 11.8 Å². The number of fused-ring (bicyclic) bond motifs is 3. The van der Waals surface area contributed by atoms with Crippen molar-refractivity contribution < 1.29 is 13.2 Å². The first-order valence-electron chi connectivity index (χ1n) is 9.18. The molecule has 0 saturated heterocycles. The molecule has 2 heterocycles. The Balaban J connectivity index is 1.69. The Morgan fingerprint density at radius 2 is 1.97 bits per heavy atom. The third-order valence-corrected chi connectivity index (χ3v) is 8.07. The number of amidine groups is 1. The minimum absolute atomic E-state index is 0.141. The summed E-state index contributed by atoms with van der Waals surface area (Å²) in [7, 11) is -2.28. The van der Waals surface area contributed by atoms with Crippen molar-refractivity contribution in [2.45, 2.75) is 18.9 Å². The van der Waals surface area contributed by atoms with Crippen LogP contribution in [0, 0.1) is 0 Å². The van der Waals surface area contributed by atoms with Crippen LogP contribution in [0.5, 0.6) is 5.75 Å². The van der Waals surface area contributed by atoms with Crippen molar-refractivity contribution >= 4 is 53.0 Å². The smallest absolute Gasteiger partial charge is 0.264 e. The van der Waals surface area contributed by atoms with E-state index in [0.29, 0.717) is 5.17 Å². The lowest BCUT2D eigenvalue weighted by Crippen LogP contribution is -2.32. The molecule has 0 aromatic heterocycles. The number of nitrogens with zero attached hydrogens (tertiary/aromatic N) is 3. The van der Waals surface area contributed by atoms with Gasteiger partial charge in [0.15, 0.2) is 5.17 Å². The molecule has 154 valence electrons. The van der Waals surface area contributed by atoms with E-state index in [2.05, 4.69) is 21.0 Å². The molecule has 0 bridgehead atoms. The molecule has 3 aliphatic rings. The van der Waals surface area contributed by atoms with E-state index in [1.165, 1.54) is 0 Å². The number of sulfonamides is 1. The highest BCUT2D eigenvalue weighted by molar-refractivity contribution is 9.10. The topological polar surface area (TPSA) is 97.3 Å². The minimum Gasteiger partial charge on any atom is -0.497 e. The summed E-state index contributed by atoms with van der Waals surface area (Å²) in [6.45, 7) is 0. The molecular weight excluding hydrogens is 488 g/mol. The normalized spacial score (nSPS) is 20.2. The van der Waals surface area contributed by atoms with Gasteiger partial charge >= 0.3 is 0 Å². The van der Waals surface area contributed by atoms with Gasteiger partial charge in [0.05, 0.1) is 12.8 Å². The summed E-state index contributed by atoms with van der Waals surface area (Å²) in [4.78, 5) is 4.82. The highest BCUT2D eigenvalue weighted by Gasteiger charge is 2.42. The number of methoxy groups -OCH3 is 1. The van der Waals surface area contributed by atoms with E-state index in [9.17, 15) is 8.42 Å². The molecular formula is C20H17BrN4O3S2. The summed E-state index contributed by atoms with van der Waals surface area (Å²) in [6.07, 6.45) is 1.63. The molecule has 1 aliphatic carbocycles. The van der Waals surface area contributed by atoms with Crippen LogP contribution in [-0.2, 0) is 16.4 Å². The van der Waals surface area contributed by atoms with E-state index in [4.69, 9.17) is 14.9 Å². The number of halogens is 1. The Labute approximate surface area is 186 Å². The summed E-state index contributed by atoms with van der Waals surface area (Å²) >= 11 is 4.46. The van der Waals surface area contributed by atoms with Gasteiger partial charge in [-0.15, -0.1) is 5.10 Å². The predicted molar refractivity (Wildman–Crippen MR) is 123 cm³/mol. The number of thioether (sulfide) groups is 1. The Hall–Kier alpha value is -2.14. The lowest BCUT2D eigenvalue weighted by atomic mass is 9.83. The van der Waals surface area contributed by atoms with Gasteiger partial charge in [0.2, 0.25) is 4.38 Å². The number of rotatable bonds is 2. The van der Waals surface area contributed by atoms with Crippen molar-refractivity contribution in [3.8, 4) is 5.75 Å².